The van der Waals surface area contributed by atoms with E-state index in [2.05, 4.69) is 15.0 Å². The van der Waals surface area contributed by atoms with Crippen molar-refractivity contribution in [3.63, 3.8) is 0 Å². The second kappa shape index (κ2) is 2.51. The topological polar surface area (TPSA) is 84.7 Å². The van der Waals surface area contributed by atoms with E-state index in [1.165, 1.54) is 12.4 Å². The van der Waals surface area contributed by atoms with Gasteiger partial charge < -0.3 is 4.98 Å². The van der Waals surface area contributed by atoms with Crippen LogP contribution in [0.3, 0.4) is 0 Å². The highest BCUT2D eigenvalue weighted by molar-refractivity contribution is 5.83. The van der Waals surface area contributed by atoms with Crippen molar-refractivity contribution in [2.24, 2.45) is 0 Å². The number of hydrogen-bond acceptors (Lipinski definition) is 4. The molecular formula is C7H6N4O2. The highest BCUT2D eigenvalue weighted by atomic mass is 16.6. The van der Waals surface area contributed by atoms with Gasteiger partial charge in [0.25, 0.3) is 0 Å². The van der Waals surface area contributed by atoms with Crippen molar-refractivity contribution in [1.82, 2.24) is 15.0 Å². The number of imidazole rings is 1. The van der Waals surface area contributed by atoms with E-state index in [9.17, 15) is 10.1 Å². The van der Waals surface area contributed by atoms with Gasteiger partial charge in [-0.3, -0.25) is 15.1 Å². The lowest BCUT2D eigenvalue weighted by Crippen LogP contribution is -1.90. The minimum Gasteiger partial charge on any atom is -0.341 e. The normalized spacial score (nSPS) is 10.5. The summed E-state index contributed by atoms with van der Waals surface area (Å²) in [6, 6.07) is 0. The van der Waals surface area contributed by atoms with Crippen LogP contribution < -0.4 is 0 Å². The maximum atomic E-state index is 10.5. The van der Waals surface area contributed by atoms with Crippen molar-refractivity contribution in [1.29, 1.82) is 0 Å². The van der Waals surface area contributed by atoms with Gasteiger partial charge in [0.2, 0.25) is 0 Å². The molecule has 0 saturated carbocycles. The third kappa shape index (κ3) is 1.12. The first-order chi connectivity index (χ1) is 6.18. The molecule has 0 aliphatic carbocycles. The number of aromatic amines is 1. The molecular weight excluding hydrogens is 172 g/mol. The zero-order chi connectivity index (χ0) is 9.42. The number of nitro groups is 1. The molecule has 2 heterocycles. The zero-order valence-corrected chi connectivity index (χ0v) is 6.81. The van der Waals surface area contributed by atoms with E-state index in [1.54, 1.807) is 6.92 Å². The van der Waals surface area contributed by atoms with Gasteiger partial charge in [-0.2, -0.15) is 0 Å². The number of hydrogen-bond donors (Lipinski definition) is 1. The fraction of sp³-hybridized carbons (Fsp3) is 0.143. The van der Waals surface area contributed by atoms with Gasteiger partial charge in [0.1, 0.15) is 12.0 Å². The smallest absolute Gasteiger partial charge is 0.315 e. The molecule has 0 unspecified atom stereocenters. The summed E-state index contributed by atoms with van der Waals surface area (Å²) in [6.07, 6.45) is 2.71. The van der Waals surface area contributed by atoms with Crippen molar-refractivity contribution in [3.8, 4) is 0 Å². The second-order valence-electron chi connectivity index (χ2n) is 2.63. The Balaban J connectivity index is 2.82. The van der Waals surface area contributed by atoms with E-state index < -0.39 is 4.92 Å². The molecule has 2 aromatic rings. The van der Waals surface area contributed by atoms with Crippen molar-refractivity contribution < 1.29 is 4.92 Å². The molecule has 6 heteroatoms. The SMILES string of the molecule is Cc1nc2c([N+](=O)[O-])cncc2[nH]1. The first-order valence-corrected chi connectivity index (χ1v) is 3.63. The fourth-order valence-electron chi connectivity index (χ4n) is 1.18. The summed E-state index contributed by atoms with van der Waals surface area (Å²) in [5, 5.41) is 10.5. The molecule has 2 aromatic heterocycles. The van der Waals surface area contributed by atoms with Crippen molar-refractivity contribution >= 4 is 16.7 Å². The van der Waals surface area contributed by atoms with Gasteiger partial charge in [0.05, 0.1) is 16.6 Å². The predicted molar refractivity (Wildman–Crippen MR) is 45.3 cm³/mol. The van der Waals surface area contributed by atoms with Gasteiger partial charge in [0.15, 0.2) is 5.52 Å². The Morgan fingerprint density at radius 1 is 1.54 bits per heavy atom. The van der Waals surface area contributed by atoms with Crippen LogP contribution in [0.4, 0.5) is 5.69 Å². The van der Waals surface area contributed by atoms with Crippen LogP contribution in [-0.4, -0.2) is 19.9 Å². The Labute approximate surface area is 72.8 Å². The van der Waals surface area contributed by atoms with Crippen molar-refractivity contribution in [2.45, 2.75) is 6.92 Å². The van der Waals surface area contributed by atoms with Crippen molar-refractivity contribution in [2.75, 3.05) is 0 Å². The number of H-pyrrole nitrogens is 1. The van der Waals surface area contributed by atoms with Gasteiger partial charge in [-0.05, 0) is 6.92 Å². The van der Waals surface area contributed by atoms with Crippen LogP contribution in [0, 0.1) is 17.0 Å². The largest absolute Gasteiger partial charge is 0.341 e. The minimum atomic E-state index is -0.490. The molecule has 66 valence electrons. The van der Waals surface area contributed by atoms with Crippen LogP contribution in [0.1, 0.15) is 5.82 Å². The monoisotopic (exact) mass is 178 g/mol. The molecule has 13 heavy (non-hydrogen) atoms. The molecule has 0 aliphatic rings. The third-order valence-corrected chi connectivity index (χ3v) is 1.69. The standard InChI is InChI=1S/C7H6N4O2/c1-4-9-5-2-8-3-6(11(12)13)7(5)10-4/h2-3H,1H3,(H,9,10). The number of nitrogens with zero attached hydrogens (tertiary/aromatic N) is 3. The summed E-state index contributed by atoms with van der Waals surface area (Å²) in [5.41, 5.74) is 0.881. The molecule has 0 atom stereocenters. The summed E-state index contributed by atoms with van der Waals surface area (Å²) in [4.78, 5) is 20.7. The third-order valence-electron chi connectivity index (χ3n) is 1.69. The molecule has 0 aliphatic heterocycles. The molecule has 0 amide bonds. The number of aromatic nitrogens is 3. The highest BCUT2D eigenvalue weighted by Crippen LogP contribution is 2.20. The maximum Gasteiger partial charge on any atom is 0.315 e. The average molecular weight is 178 g/mol. The van der Waals surface area contributed by atoms with Gasteiger partial charge in [0, 0.05) is 0 Å². The Hall–Kier alpha value is -1.98. The zero-order valence-electron chi connectivity index (χ0n) is 6.81. The van der Waals surface area contributed by atoms with Gasteiger partial charge >= 0.3 is 5.69 Å². The molecule has 1 N–H and O–H groups in total. The molecule has 0 bridgehead atoms. The lowest BCUT2D eigenvalue weighted by atomic mass is 10.4. The number of fused-ring (bicyclic) bond motifs is 1. The van der Waals surface area contributed by atoms with E-state index in [4.69, 9.17) is 0 Å². The lowest BCUT2D eigenvalue weighted by Gasteiger charge is -1.89. The number of rotatable bonds is 1. The lowest BCUT2D eigenvalue weighted by molar-refractivity contribution is -0.383. The Morgan fingerprint density at radius 2 is 2.31 bits per heavy atom. The van der Waals surface area contributed by atoms with E-state index in [1.807, 2.05) is 0 Å². The average Bonchev–Trinajstić information content (AvgIpc) is 2.43. The van der Waals surface area contributed by atoms with E-state index in [-0.39, 0.29) is 5.69 Å². The summed E-state index contributed by atoms with van der Waals surface area (Å²) in [5.74, 6) is 0.645. The van der Waals surface area contributed by atoms with Crippen LogP contribution >= 0.6 is 0 Å². The van der Waals surface area contributed by atoms with Gasteiger partial charge in [-0.1, -0.05) is 0 Å². The van der Waals surface area contributed by atoms with Gasteiger partial charge in [-0.15, -0.1) is 0 Å². The molecule has 0 aromatic carbocycles. The summed E-state index contributed by atoms with van der Waals surface area (Å²) in [7, 11) is 0. The number of pyridine rings is 1. The quantitative estimate of drug-likeness (QED) is 0.524. The van der Waals surface area contributed by atoms with Crippen LogP contribution in [0.25, 0.3) is 11.0 Å². The van der Waals surface area contributed by atoms with Crippen LogP contribution in [0.5, 0.6) is 0 Å². The van der Waals surface area contributed by atoms with Gasteiger partial charge in [-0.25, -0.2) is 4.98 Å². The fourth-order valence-corrected chi connectivity index (χ4v) is 1.18. The Kier molecular flexibility index (Phi) is 1.48. The molecule has 2 rings (SSSR count). The van der Waals surface area contributed by atoms with Crippen LogP contribution in [-0.2, 0) is 0 Å². The number of aryl methyl sites for hydroxylation is 1. The van der Waals surface area contributed by atoms with E-state index in [0.717, 1.165) is 0 Å². The molecule has 6 nitrogen and oxygen atoms in total. The summed E-state index contributed by atoms with van der Waals surface area (Å²) < 4.78 is 0. The Morgan fingerprint density at radius 3 is 3.00 bits per heavy atom. The van der Waals surface area contributed by atoms with Crippen molar-refractivity contribution in [3.05, 3.63) is 28.3 Å². The number of nitrogens with one attached hydrogen (secondary N) is 1. The summed E-state index contributed by atoms with van der Waals surface area (Å²) >= 11 is 0. The summed E-state index contributed by atoms with van der Waals surface area (Å²) in [6.45, 7) is 1.74. The minimum absolute atomic E-state index is 0.0677. The predicted octanol–water partition coefficient (Wildman–Crippen LogP) is 1.17. The molecule has 0 fully saturated rings. The Bertz CT molecular complexity index is 476. The second-order valence-corrected chi connectivity index (χ2v) is 2.63. The van der Waals surface area contributed by atoms with E-state index in [0.29, 0.717) is 16.9 Å². The molecule has 0 radical (unpaired) electrons. The maximum absolute atomic E-state index is 10.5. The first kappa shape index (κ1) is 7.66. The molecule has 0 spiro atoms. The van der Waals surface area contributed by atoms with Crippen LogP contribution in [0.2, 0.25) is 0 Å². The highest BCUT2D eigenvalue weighted by Gasteiger charge is 2.14. The first-order valence-electron chi connectivity index (χ1n) is 3.63. The molecule has 0 saturated heterocycles. The van der Waals surface area contributed by atoms with Crippen LogP contribution in [0.15, 0.2) is 12.4 Å². The van der Waals surface area contributed by atoms with E-state index >= 15 is 0 Å².